The number of carboxylic acid groups (broad SMARTS) is 1. The number of rotatable bonds is 6. The molecular weight excluding hydrogens is 396 g/mol. The number of nitrogens with one attached hydrogen (secondary N) is 1. The minimum absolute atomic E-state index is 0.0129. The Morgan fingerprint density at radius 3 is 2.30 bits per heavy atom. The average Bonchev–Trinajstić information content (AvgIpc) is 2.89. The lowest BCUT2D eigenvalue weighted by Gasteiger charge is -2.21. The molecule has 1 aliphatic heterocycles. The number of benzene rings is 1. The summed E-state index contributed by atoms with van der Waals surface area (Å²) in [6, 6.07) is 2.22. The maximum atomic E-state index is 12.9. The van der Waals surface area contributed by atoms with Crippen LogP contribution in [0.3, 0.4) is 0 Å². The molecule has 0 unspecified atom stereocenters. The van der Waals surface area contributed by atoms with Gasteiger partial charge in [0, 0.05) is 18.7 Å². The molecule has 0 aliphatic carbocycles. The number of amides is 1. The zero-order chi connectivity index (χ0) is 20.2. The van der Waals surface area contributed by atoms with Crippen LogP contribution in [0.1, 0.15) is 43.0 Å². The average molecular weight is 419 g/mol. The van der Waals surface area contributed by atoms with E-state index in [0.717, 1.165) is 31.7 Å². The van der Waals surface area contributed by atoms with Gasteiger partial charge in [-0.3, -0.25) is 4.79 Å². The van der Waals surface area contributed by atoms with Gasteiger partial charge in [0.2, 0.25) is 10.0 Å². The first kappa shape index (κ1) is 21.6. The summed E-state index contributed by atoms with van der Waals surface area (Å²) in [7, 11) is -3.88. The van der Waals surface area contributed by atoms with E-state index in [2.05, 4.69) is 5.32 Å². The van der Waals surface area contributed by atoms with E-state index < -0.39 is 34.0 Å². The number of hydrogen-bond acceptors (Lipinski definition) is 5. The molecule has 3 N–H and O–H groups in total. The normalized spacial score (nSPS) is 18.3. The van der Waals surface area contributed by atoms with Gasteiger partial charge < -0.3 is 15.5 Å². The van der Waals surface area contributed by atoms with Crippen LogP contribution in [0.4, 0.5) is 0 Å². The minimum Gasteiger partial charge on any atom is -0.480 e. The molecule has 8 nitrogen and oxygen atoms in total. The van der Waals surface area contributed by atoms with Crippen LogP contribution in [-0.4, -0.2) is 60.0 Å². The monoisotopic (exact) mass is 418 g/mol. The topological polar surface area (TPSA) is 124 Å². The number of halogens is 1. The molecule has 0 bridgehead atoms. The molecule has 1 aliphatic rings. The van der Waals surface area contributed by atoms with E-state index in [4.69, 9.17) is 16.7 Å². The van der Waals surface area contributed by atoms with E-state index >= 15 is 0 Å². The van der Waals surface area contributed by atoms with Gasteiger partial charge in [-0.2, -0.15) is 4.31 Å². The molecule has 0 aromatic heterocycles. The third-order valence-corrected chi connectivity index (χ3v) is 6.79. The molecule has 10 heteroatoms. The smallest absolute Gasteiger partial charge is 0.328 e. The third-order valence-electron chi connectivity index (χ3n) is 4.41. The number of carbonyl (C=O) groups is 2. The number of aliphatic hydroxyl groups is 1. The first-order valence-electron chi connectivity index (χ1n) is 8.66. The van der Waals surface area contributed by atoms with Crippen LogP contribution >= 0.6 is 11.6 Å². The summed E-state index contributed by atoms with van der Waals surface area (Å²) < 4.78 is 27.3. The molecule has 150 valence electrons. The van der Waals surface area contributed by atoms with Gasteiger partial charge >= 0.3 is 5.97 Å². The molecule has 27 heavy (non-hydrogen) atoms. The van der Waals surface area contributed by atoms with Gasteiger partial charge in [-0.05, 0) is 38.0 Å². The van der Waals surface area contributed by atoms with Crippen molar-refractivity contribution in [3.63, 3.8) is 0 Å². The van der Waals surface area contributed by atoms with Gasteiger partial charge in [-0.1, -0.05) is 24.4 Å². The van der Waals surface area contributed by atoms with Crippen molar-refractivity contribution in [3.8, 4) is 0 Å². The molecule has 1 saturated heterocycles. The van der Waals surface area contributed by atoms with Gasteiger partial charge in [-0.15, -0.1) is 0 Å². The number of sulfonamides is 1. The fourth-order valence-electron chi connectivity index (χ4n) is 2.88. The molecular formula is C17H23ClN2O6S. The summed E-state index contributed by atoms with van der Waals surface area (Å²) >= 11 is 6.08. The summed E-state index contributed by atoms with van der Waals surface area (Å²) in [5.41, 5.74) is -0.0558. The number of aliphatic carboxylic acids is 1. The Labute approximate surface area is 163 Å². The van der Waals surface area contributed by atoms with Crippen molar-refractivity contribution in [2.45, 2.75) is 49.6 Å². The van der Waals surface area contributed by atoms with E-state index in [1.807, 2.05) is 0 Å². The molecule has 0 saturated carbocycles. The number of aliphatic hydroxyl groups excluding tert-OH is 1. The summed E-state index contributed by atoms with van der Waals surface area (Å²) in [6.45, 7) is 2.01. The predicted molar refractivity (Wildman–Crippen MR) is 99.2 cm³/mol. The Hall–Kier alpha value is -1.68. The van der Waals surface area contributed by atoms with Crippen LogP contribution in [0.25, 0.3) is 0 Å². The predicted octanol–water partition coefficient (Wildman–Crippen LogP) is 1.47. The maximum Gasteiger partial charge on any atom is 0.328 e. The van der Waals surface area contributed by atoms with Crippen molar-refractivity contribution in [1.82, 2.24) is 9.62 Å². The van der Waals surface area contributed by atoms with Gasteiger partial charge in [0.15, 0.2) is 6.04 Å². The first-order valence-corrected chi connectivity index (χ1v) is 10.5. The van der Waals surface area contributed by atoms with Gasteiger partial charge in [0.25, 0.3) is 5.91 Å². The van der Waals surface area contributed by atoms with Crippen molar-refractivity contribution < 1.29 is 28.2 Å². The highest BCUT2D eigenvalue weighted by molar-refractivity contribution is 7.89. The fraction of sp³-hybridized carbons (Fsp3) is 0.529. The lowest BCUT2D eigenvalue weighted by Crippen LogP contribution is -2.47. The minimum atomic E-state index is -3.88. The summed E-state index contributed by atoms with van der Waals surface area (Å²) in [5.74, 6) is -2.21. The zero-order valence-electron chi connectivity index (χ0n) is 14.9. The molecule has 1 aromatic rings. The molecule has 2 atom stereocenters. The van der Waals surface area contributed by atoms with Crippen LogP contribution in [-0.2, 0) is 14.8 Å². The van der Waals surface area contributed by atoms with Crippen molar-refractivity contribution in [1.29, 1.82) is 0 Å². The molecule has 1 aromatic carbocycles. The largest absolute Gasteiger partial charge is 0.480 e. The highest BCUT2D eigenvalue weighted by atomic mass is 35.5. The van der Waals surface area contributed by atoms with Crippen molar-refractivity contribution in [2.24, 2.45) is 0 Å². The maximum absolute atomic E-state index is 12.9. The standard InChI is InChI=1S/C17H23ClN2O6S/c1-11(21)15(17(23)24)19-16(22)12-6-7-13(18)14(10-12)27(25,26)20-8-4-2-3-5-9-20/h6-7,10-11,15,21H,2-5,8-9H2,1H3,(H,19,22)(H,23,24)/t11-,15+/m0/s1. The van der Waals surface area contributed by atoms with Gasteiger partial charge in [-0.25, -0.2) is 13.2 Å². The van der Waals surface area contributed by atoms with E-state index in [1.165, 1.54) is 23.4 Å². The van der Waals surface area contributed by atoms with E-state index in [1.54, 1.807) is 0 Å². The zero-order valence-corrected chi connectivity index (χ0v) is 16.5. The molecule has 1 fully saturated rings. The molecule has 2 rings (SSSR count). The lowest BCUT2D eigenvalue weighted by atomic mass is 10.1. The quantitative estimate of drug-likeness (QED) is 0.642. The van der Waals surface area contributed by atoms with Crippen molar-refractivity contribution in [3.05, 3.63) is 28.8 Å². The summed E-state index contributed by atoms with van der Waals surface area (Å²) in [6.07, 6.45) is 2.10. The Bertz CT molecular complexity index is 804. The second-order valence-electron chi connectivity index (χ2n) is 6.49. The van der Waals surface area contributed by atoms with Crippen LogP contribution < -0.4 is 5.32 Å². The first-order chi connectivity index (χ1) is 12.6. The molecule has 1 amide bonds. The summed E-state index contributed by atoms with van der Waals surface area (Å²) in [4.78, 5) is 23.3. The van der Waals surface area contributed by atoms with Crippen molar-refractivity contribution in [2.75, 3.05) is 13.1 Å². The lowest BCUT2D eigenvalue weighted by molar-refractivity contribution is -0.141. The second kappa shape index (κ2) is 9.01. The Morgan fingerprint density at radius 1 is 1.19 bits per heavy atom. The van der Waals surface area contributed by atoms with E-state index in [9.17, 15) is 23.1 Å². The fourth-order valence-corrected chi connectivity index (χ4v) is 4.89. The highest BCUT2D eigenvalue weighted by Gasteiger charge is 2.29. The summed E-state index contributed by atoms with van der Waals surface area (Å²) in [5, 5.41) is 20.7. The number of hydrogen-bond donors (Lipinski definition) is 3. The Morgan fingerprint density at radius 2 is 1.78 bits per heavy atom. The number of carboxylic acids is 1. The Balaban J connectivity index is 2.32. The van der Waals surface area contributed by atoms with Gasteiger partial charge in [0.05, 0.1) is 11.1 Å². The van der Waals surface area contributed by atoms with Crippen LogP contribution in [0, 0.1) is 0 Å². The van der Waals surface area contributed by atoms with Crippen LogP contribution in [0.5, 0.6) is 0 Å². The third kappa shape index (κ3) is 5.19. The van der Waals surface area contributed by atoms with Crippen LogP contribution in [0.2, 0.25) is 5.02 Å². The van der Waals surface area contributed by atoms with Crippen molar-refractivity contribution >= 4 is 33.5 Å². The second-order valence-corrected chi connectivity index (χ2v) is 8.81. The number of carbonyl (C=O) groups excluding carboxylic acids is 1. The SMILES string of the molecule is C[C@H](O)[C@@H](NC(=O)c1ccc(Cl)c(S(=O)(=O)N2CCCCCC2)c1)C(=O)O. The van der Waals surface area contributed by atoms with Gasteiger partial charge in [0.1, 0.15) is 4.90 Å². The molecule has 1 heterocycles. The highest BCUT2D eigenvalue weighted by Crippen LogP contribution is 2.27. The van der Waals surface area contributed by atoms with E-state index in [0.29, 0.717) is 13.1 Å². The molecule has 0 radical (unpaired) electrons. The number of nitrogens with zero attached hydrogens (tertiary/aromatic N) is 1. The van der Waals surface area contributed by atoms with E-state index in [-0.39, 0.29) is 15.5 Å². The van der Waals surface area contributed by atoms with Crippen LogP contribution in [0.15, 0.2) is 23.1 Å². The Kier molecular flexibility index (Phi) is 7.21. The molecule has 0 spiro atoms.